The van der Waals surface area contributed by atoms with Gasteiger partial charge in [0, 0.05) is 32.2 Å². The van der Waals surface area contributed by atoms with Crippen molar-refractivity contribution >= 4 is 29.5 Å². The van der Waals surface area contributed by atoms with E-state index in [1.165, 1.54) is 4.90 Å². The van der Waals surface area contributed by atoms with Gasteiger partial charge in [0.2, 0.25) is 5.91 Å². The summed E-state index contributed by atoms with van der Waals surface area (Å²) in [7, 11) is 6.55. The van der Waals surface area contributed by atoms with Crippen molar-refractivity contribution in [2.75, 3.05) is 28.3 Å². The average Bonchev–Trinajstić information content (AvgIpc) is 2.94. The molecule has 4 N–H and O–H groups in total. The highest BCUT2D eigenvalue weighted by Gasteiger charge is 2.15. The summed E-state index contributed by atoms with van der Waals surface area (Å²) in [5, 5.41) is 0. The second-order valence-electron chi connectivity index (χ2n) is 8.71. The van der Waals surface area contributed by atoms with Gasteiger partial charge in [0.05, 0.1) is 14.2 Å². The first-order valence-electron chi connectivity index (χ1n) is 12.1. The van der Waals surface area contributed by atoms with E-state index in [4.69, 9.17) is 19.9 Å². The summed E-state index contributed by atoms with van der Waals surface area (Å²) in [6.45, 7) is 0. The van der Waals surface area contributed by atoms with Crippen LogP contribution in [0.25, 0.3) is 11.6 Å². The number of carbonyl (C=O) groups excluding carboxylic acids is 3. The van der Waals surface area contributed by atoms with E-state index >= 15 is 0 Å². The fourth-order valence-corrected chi connectivity index (χ4v) is 3.60. The Bertz CT molecular complexity index is 1310. The van der Waals surface area contributed by atoms with E-state index in [1.54, 1.807) is 64.7 Å². The lowest BCUT2D eigenvalue weighted by Gasteiger charge is -2.15. The Morgan fingerprint density at radius 3 is 1.90 bits per heavy atom. The Balaban J connectivity index is 1.73. The van der Waals surface area contributed by atoms with Crippen LogP contribution < -0.4 is 30.8 Å². The van der Waals surface area contributed by atoms with E-state index in [0.29, 0.717) is 35.0 Å². The van der Waals surface area contributed by atoms with Crippen molar-refractivity contribution in [3.63, 3.8) is 0 Å². The standard InChI is InChI=1S/C29H32N4O6/c1-33(2)28(35)26(17-20-15-24(37-3)18-25(16-20)38-4)21-8-12-23(13-9-21)39-22-10-5-19(6-11-22)7-14-27(34)31-32-29(30)36/h5-6,8-13,15-18H,7,14H2,1-4H3,(H,31,34)(H3,30,32,36). The first kappa shape index (κ1) is 28.6. The molecule has 0 radical (unpaired) electrons. The van der Waals surface area contributed by atoms with Gasteiger partial charge < -0.3 is 24.8 Å². The summed E-state index contributed by atoms with van der Waals surface area (Å²) in [4.78, 5) is 36.9. The molecule has 10 nitrogen and oxygen atoms in total. The maximum Gasteiger partial charge on any atom is 0.330 e. The second-order valence-corrected chi connectivity index (χ2v) is 8.71. The quantitative estimate of drug-likeness (QED) is 0.207. The molecule has 0 spiro atoms. The Hall–Kier alpha value is -4.99. The number of hydrogen-bond acceptors (Lipinski definition) is 6. The summed E-state index contributed by atoms with van der Waals surface area (Å²) < 4.78 is 16.7. The number of nitrogens with zero attached hydrogens (tertiary/aromatic N) is 1. The van der Waals surface area contributed by atoms with Gasteiger partial charge >= 0.3 is 6.03 Å². The highest BCUT2D eigenvalue weighted by atomic mass is 16.5. The average molecular weight is 533 g/mol. The van der Waals surface area contributed by atoms with Gasteiger partial charge in [-0.1, -0.05) is 24.3 Å². The van der Waals surface area contributed by atoms with Gasteiger partial charge in [-0.2, -0.15) is 0 Å². The van der Waals surface area contributed by atoms with E-state index in [2.05, 4.69) is 5.43 Å². The van der Waals surface area contributed by atoms with Crippen LogP contribution in [0.2, 0.25) is 0 Å². The highest BCUT2D eigenvalue weighted by Crippen LogP contribution is 2.29. The van der Waals surface area contributed by atoms with Gasteiger partial charge in [-0.25, -0.2) is 10.2 Å². The van der Waals surface area contributed by atoms with Crippen molar-refractivity contribution in [3.05, 3.63) is 83.4 Å². The van der Waals surface area contributed by atoms with Crippen molar-refractivity contribution < 1.29 is 28.6 Å². The Kier molecular flexibility index (Phi) is 9.91. The summed E-state index contributed by atoms with van der Waals surface area (Å²) >= 11 is 0. The van der Waals surface area contributed by atoms with E-state index in [-0.39, 0.29) is 18.2 Å². The molecule has 0 aromatic heterocycles. The van der Waals surface area contributed by atoms with Gasteiger partial charge in [0.1, 0.15) is 23.0 Å². The minimum absolute atomic E-state index is 0.153. The van der Waals surface area contributed by atoms with Crippen LogP contribution in [0.1, 0.15) is 23.1 Å². The lowest BCUT2D eigenvalue weighted by Crippen LogP contribution is -2.44. The molecule has 0 aliphatic rings. The number of nitrogens with one attached hydrogen (secondary N) is 2. The number of urea groups is 1. The molecule has 0 atom stereocenters. The summed E-state index contributed by atoms with van der Waals surface area (Å²) in [5.74, 6) is 1.96. The fraction of sp³-hybridized carbons (Fsp3) is 0.207. The maximum atomic E-state index is 13.0. The first-order valence-corrected chi connectivity index (χ1v) is 12.1. The molecule has 3 aromatic rings. The first-order chi connectivity index (χ1) is 18.7. The van der Waals surface area contributed by atoms with Gasteiger partial charge in [-0.05, 0) is 65.6 Å². The number of primary amides is 1. The molecular formula is C29H32N4O6. The third-order valence-electron chi connectivity index (χ3n) is 5.61. The van der Waals surface area contributed by atoms with Crippen molar-refractivity contribution in [1.82, 2.24) is 15.8 Å². The van der Waals surface area contributed by atoms with Crippen molar-refractivity contribution in [2.24, 2.45) is 5.73 Å². The number of hydrogen-bond donors (Lipinski definition) is 3. The lowest BCUT2D eigenvalue weighted by molar-refractivity contribution is -0.123. The number of amides is 4. The topological polar surface area (TPSA) is 132 Å². The van der Waals surface area contributed by atoms with Crippen LogP contribution in [0.15, 0.2) is 66.7 Å². The molecule has 3 aromatic carbocycles. The van der Waals surface area contributed by atoms with Crippen molar-refractivity contribution in [1.29, 1.82) is 0 Å². The molecule has 0 saturated carbocycles. The largest absolute Gasteiger partial charge is 0.497 e. The molecule has 204 valence electrons. The molecular weight excluding hydrogens is 500 g/mol. The molecule has 0 heterocycles. The molecule has 0 aliphatic carbocycles. The Morgan fingerprint density at radius 1 is 0.821 bits per heavy atom. The van der Waals surface area contributed by atoms with Gasteiger partial charge in [0.15, 0.2) is 0 Å². The fourth-order valence-electron chi connectivity index (χ4n) is 3.60. The maximum absolute atomic E-state index is 13.0. The zero-order chi connectivity index (χ0) is 28.4. The van der Waals surface area contributed by atoms with Gasteiger partial charge in [0.25, 0.3) is 5.91 Å². The van der Waals surface area contributed by atoms with E-state index in [9.17, 15) is 14.4 Å². The van der Waals surface area contributed by atoms with Crippen LogP contribution in [-0.2, 0) is 16.0 Å². The van der Waals surface area contributed by atoms with Crippen LogP contribution in [0.4, 0.5) is 4.79 Å². The molecule has 0 aliphatic heterocycles. The molecule has 0 saturated heterocycles. The number of benzene rings is 3. The SMILES string of the molecule is COc1cc(C=C(C(=O)N(C)C)c2ccc(Oc3ccc(CCC(=O)NNC(N)=O)cc3)cc2)cc(OC)c1. The zero-order valence-electron chi connectivity index (χ0n) is 22.3. The molecule has 3 rings (SSSR count). The molecule has 0 bridgehead atoms. The number of ether oxygens (including phenoxy) is 3. The van der Waals surface area contributed by atoms with Gasteiger partial charge in [-0.15, -0.1) is 0 Å². The number of likely N-dealkylation sites (N-methyl/N-ethyl adjacent to an activating group) is 1. The smallest absolute Gasteiger partial charge is 0.330 e. The normalized spacial score (nSPS) is 10.8. The summed E-state index contributed by atoms with van der Waals surface area (Å²) in [5.41, 5.74) is 12.1. The van der Waals surface area contributed by atoms with Crippen LogP contribution in [0.5, 0.6) is 23.0 Å². The van der Waals surface area contributed by atoms with Crippen LogP contribution in [0.3, 0.4) is 0 Å². The van der Waals surface area contributed by atoms with E-state index in [1.807, 2.05) is 41.8 Å². The molecule has 10 heteroatoms. The van der Waals surface area contributed by atoms with Crippen LogP contribution in [0, 0.1) is 0 Å². The predicted octanol–water partition coefficient (Wildman–Crippen LogP) is 3.76. The molecule has 39 heavy (non-hydrogen) atoms. The summed E-state index contributed by atoms with van der Waals surface area (Å²) in [6.07, 6.45) is 2.47. The number of aryl methyl sites for hydroxylation is 1. The molecule has 0 fully saturated rings. The monoisotopic (exact) mass is 532 g/mol. The van der Waals surface area contributed by atoms with Crippen molar-refractivity contribution in [3.8, 4) is 23.0 Å². The number of nitrogens with two attached hydrogens (primary N) is 1. The number of methoxy groups -OCH3 is 2. The molecule has 0 unspecified atom stereocenters. The highest BCUT2D eigenvalue weighted by molar-refractivity contribution is 6.24. The number of rotatable bonds is 10. The molecule has 4 amide bonds. The van der Waals surface area contributed by atoms with Crippen LogP contribution in [-0.4, -0.2) is 51.1 Å². The number of carbonyl (C=O) groups is 3. The lowest BCUT2D eigenvalue weighted by atomic mass is 10.0. The van der Waals surface area contributed by atoms with Crippen molar-refractivity contribution in [2.45, 2.75) is 12.8 Å². The van der Waals surface area contributed by atoms with E-state index < -0.39 is 6.03 Å². The minimum atomic E-state index is -0.827. The second kappa shape index (κ2) is 13.5. The summed E-state index contributed by atoms with van der Waals surface area (Å²) in [6, 6.07) is 19.2. The Morgan fingerprint density at radius 2 is 1.38 bits per heavy atom. The van der Waals surface area contributed by atoms with Crippen LogP contribution >= 0.6 is 0 Å². The third kappa shape index (κ3) is 8.53. The predicted molar refractivity (Wildman–Crippen MR) is 148 cm³/mol. The third-order valence-corrected chi connectivity index (χ3v) is 5.61. The minimum Gasteiger partial charge on any atom is -0.497 e. The van der Waals surface area contributed by atoms with Gasteiger partial charge in [-0.3, -0.25) is 15.0 Å². The Labute approximate surface area is 227 Å². The number of hydrazine groups is 1. The zero-order valence-corrected chi connectivity index (χ0v) is 22.3. The van der Waals surface area contributed by atoms with E-state index in [0.717, 1.165) is 16.7 Å².